The minimum Gasteiger partial charge on any atom is -0.294 e. The van der Waals surface area contributed by atoms with E-state index in [1.807, 2.05) is 57.7 Å². The number of nitrogens with zero attached hydrogens (tertiary/aromatic N) is 3. The van der Waals surface area contributed by atoms with Gasteiger partial charge in [0.1, 0.15) is 11.6 Å². The Hall–Kier alpha value is -7.13. The van der Waals surface area contributed by atoms with E-state index in [0.717, 1.165) is 111 Å². The smallest absolute Gasteiger partial charge is 0.294 e. The minimum atomic E-state index is -5.04. The molecule has 0 fully saturated rings. The first-order chi connectivity index (χ1) is 30.4. The molecule has 318 valence electrons. The molecule has 0 atom stereocenters. The molecule has 0 amide bonds. The highest BCUT2D eigenvalue weighted by atomic mass is 19.4. The van der Waals surface area contributed by atoms with Gasteiger partial charge in [-0.1, -0.05) is 96.1 Å². The zero-order valence-corrected chi connectivity index (χ0v) is 35.9. The summed E-state index contributed by atoms with van der Waals surface area (Å²) >= 11 is 0. The molecule has 3 aromatic heterocycles. The van der Waals surface area contributed by atoms with Gasteiger partial charge < -0.3 is 0 Å². The monoisotopic (exact) mass is 857 g/mol. The largest absolute Gasteiger partial charge is 0.416 e. The van der Waals surface area contributed by atoms with Crippen LogP contribution < -0.4 is 0 Å². The van der Waals surface area contributed by atoms with E-state index in [-0.39, 0.29) is 17.2 Å². The molecule has 0 saturated carbocycles. The average molecular weight is 858 g/mol. The summed E-state index contributed by atoms with van der Waals surface area (Å²) in [4.78, 5) is 5.37. The van der Waals surface area contributed by atoms with Crippen LogP contribution in [0, 0.1) is 41.5 Å². The predicted molar refractivity (Wildman–Crippen MR) is 248 cm³/mol. The quantitative estimate of drug-likeness (QED) is 0.158. The third-order valence-electron chi connectivity index (χ3n) is 12.5. The van der Waals surface area contributed by atoms with Crippen molar-refractivity contribution in [3.63, 3.8) is 0 Å². The van der Waals surface area contributed by atoms with Crippen molar-refractivity contribution in [1.82, 2.24) is 14.1 Å². The van der Waals surface area contributed by atoms with Crippen molar-refractivity contribution in [2.24, 2.45) is 0 Å². The van der Waals surface area contributed by atoms with E-state index in [1.54, 1.807) is 12.1 Å². The highest BCUT2D eigenvalue weighted by Gasteiger charge is 2.37. The minimum absolute atomic E-state index is 0.135. The fourth-order valence-corrected chi connectivity index (χ4v) is 10.0. The lowest BCUT2D eigenvalue weighted by molar-refractivity contribution is -0.143. The van der Waals surface area contributed by atoms with E-state index >= 15 is 0 Å². The number of rotatable bonds is 5. The van der Waals surface area contributed by atoms with Gasteiger partial charge in [-0.15, -0.1) is 0 Å². The van der Waals surface area contributed by atoms with E-state index < -0.39 is 23.5 Å². The van der Waals surface area contributed by atoms with E-state index in [1.165, 1.54) is 0 Å². The molecular weight excluding hydrogens is 817 g/mol. The van der Waals surface area contributed by atoms with Crippen molar-refractivity contribution < 1.29 is 26.3 Å². The Bertz CT molecular complexity index is 3280. The maximum atomic E-state index is 14.5. The van der Waals surface area contributed by atoms with Crippen LogP contribution in [0.4, 0.5) is 26.3 Å². The van der Waals surface area contributed by atoms with Gasteiger partial charge in [-0.2, -0.15) is 26.3 Å². The molecule has 0 radical (unpaired) electrons. The molecule has 0 aliphatic rings. The topological polar surface area (TPSA) is 22.8 Å². The van der Waals surface area contributed by atoms with Crippen LogP contribution in [-0.2, 0) is 12.4 Å². The Labute approximate surface area is 365 Å². The van der Waals surface area contributed by atoms with Gasteiger partial charge in [0.2, 0.25) is 0 Å². The number of aryl methyl sites for hydroxylation is 6. The third-order valence-corrected chi connectivity index (χ3v) is 12.5. The first kappa shape index (κ1) is 40.9. The second-order valence-corrected chi connectivity index (χ2v) is 17.1. The standard InChI is InChI=1S/C55H41F6N3/c1-30-19-32(3)52(33(4)20-30)36-15-17-44-42-11-7-9-13-46(42)63(48(44)25-36)50-27-39(38-23-40(54(56,57)58)29-41(24-38)55(59,60)61)28-51(62-50)64-47-14-10-8-12-43(47)45-18-16-37(26-49(45)64)53-34(5)21-31(2)22-35(53)6/h7-29H,1-6H3. The SMILES string of the molecule is Cc1cc(C)c(-c2ccc3c4ccccc4n(-c4cc(-c5cc(C(F)(F)F)cc(C(F)(F)F)c5)cc(-n5c6ccccc6c6ccc(-c7c(C)cc(C)cc7C)cc65)n4)c3c2)c(C)c1. The fraction of sp³-hybridized carbons (Fsp3) is 0.145. The van der Waals surface area contributed by atoms with Crippen molar-refractivity contribution in [3.8, 4) is 45.0 Å². The third kappa shape index (κ3) is 6.81. The Morgan fingerprint density at radius 2 is 0.719 bits per heavy atom. The van der Waals surface area contributed by atoms with E-state index in [9.17, 15) is 26.3 Å². The second kappa shape index (κ2) is 14.7. The number of benzene rings is 7. The van der Waals surface area contributed by atoms with E-state index in [0.29, 0.717) is 11.6 Å². The summed E-state index contributed by atoms with van der Waals surface area (Å²) in [6.45, 7) is 12.4. The Morgan fingerprint density at radius 3 is 1.11 bits per heavy atom. The summed E-state index contributed by atoms with van der Waals surface area (Å²) in [6, 6.07) is 41.6. The maximum Gasteiger partial charge on any atom is 0.416 e. The molecule has 0 bridgehead atoms. The molecule has 0 saturated heterocycles. The summed E-state index contributed by atoms with van der Waals surface area (Å²) in [6.07, 6.45) is -10.1. The summed E-state index contributed by atoms with van der Waals surface area (Å²) in [5.41, 5.74) is 11.0. The zero-order valence-electron chi connectivity index (χ0n) is 35.9. The Kier molecular flexibility index (Phi) is 9.42. The summed E-state index contributed by atoms with van der Waals surface area (Å²) in [5.74, 6) is 0.651. The van der Waals surface area contributed by atoms with Gasteiger partial charge >= 0.3 is 12.4 Å². The van der Waals surface area contributed by atoms with E-state index in [2.05, 4.69) is 102 Å². The van der Waals surface area contributed by atoms with Gasteiger partial charge in [0.25, 0.3) is 0 Å². The molecule has 0 N–H and O–H groups in total. The first-order valence-electron chi connectivity index (χ1n) is 21.0. The van der Waals surface area contributed by atoms with Crippen molar-refractivity contribution in [3.05, 3.63) is 184 Å². The number of alkyl halides is 6. The number of hydrogen-bond acceptors (Lipinski definition) is 1. The predicted octanol–water partition coefficient (Wildman–Crippen LogP) is 16.2. The van der Waals surface area contributed by atoms with Crippen LogP contribution >= 0.6 is 0 Å². The highest BCUT2D eigenvalue weighted by Crippen LogP contribution is 2.43. The van der Waals surface area contributed by atoms with Crippen molar-refractivity contribution in [2.75, 3.05) is 0 Å². The number of fused-ring (bicyclic) bond motifs is 6. The van der Waals surface area contributed by atoms with Crippen LogP contribution in [0.5, 0.6) is 0 Å². The summed E-state index contributed by atoms with van der Waals surface area (Å²) in [5, 5.41) is 3.66. The van der Waals surface area contributed by atoms with Gasteiger partial charge in [0.15, 0.2) is 0 Å². The van der Waals surface area contributed by atoms with Crippen LogP contribution in [0.25, 0.3) is 88.6 Å². The van der Waals surface area contributed by atoms with Gasteiger partial charge in [-0.05, 0) is 152 Å². The van der Waals surface area contributed by atoms with Crippen molar-refractivity contribution in [2.45, 2.75) is 53.9 Å². The first-order valence-corrected chi connectivity index (χ1v) is 21.0. The molecular formula is C55H41F6N3. The molecule has 0 spiro atoms. The van der Waals surface area contributed by atoms with Crippen molar-refractivity contribution in [1.29, 1.82) is 0 Å². The highest BCUT2D eigenvalue weighted by molar-refractivity contribution is 6.11. The van der Waals surface area contributed by atoms with Gasteiger partial charge in [0, 0.05) is 21.5 Å². The van der Waals surface area contributed by atoms with Crippen LogP contribution in [0.1, 0.15) is 44.5 Å². The number of para-hydroxylation sites is 2. The van der Waals surface area contributed by atoms with Crippen LogP contribution in [0.15, 0.2) is 140 Å². The number of aromatic nitrogens is 3. The zero-order chi connectivity index (χ0) is 45.0. The molecule has 10 rings (SSSR count). The molecule has 0 aliphatic heterocycles. The Morgan fingerprint density at radius 1 is 0.359 bits per heavy atom. The molecule has 7 aromatic carbocycles. The molecule has 10 aromatic rings. The van der Waals surface area contributed by atoms with Gasteiger partial charge in [-0.3, -0.25) is 9.13 Å². The maximum absolute atomic E-state index is 14.5. The fourth-order valence-electron chi connectivity index (χ4n) is 10.0. The molecule has 3 heterocycles. The summed E-state index contributed by atoms with van der Waals surface area (Å²) in [7, 11) is 0. The van der Waals surface area contributed by atoms with Crippen LogP contribution in [0.3, 0.4) is 0 Å². The molecule has 64 heavy (non-hydrogen) atoms. The normalized spacial score (nSPS) is 12.4. The number of pyridine rings is 1. The lowest BCUT2D eigenvalue weighted by atomic mass is 9.93. The van der Waals surface area contributed by atoms with Gasteiger partial charge in [-0.25, -0.2) is 4.98 Å². The summed E-state index contributed by atoms with van der Waals surface area (Å²) < 4.78 is 90.8. The molecule has 3 nitrogen and oxygen atoms in total. The molecule has 0 unspecified atom stereocenters. The lowest BCUT2D eigenvalue weighted by Crippen LogP contribution is -2.11. The second-order valence-electron chi connectivity index (χ2n) is 17.1. The van der Waals surface area contributed by atoms with Crippen LogP contribution in [-0.4, -0.2) is 14.1 Å². The van der Waals surface area contributed by atoms with E-state index in [4.69, 9.17) is 4.98 Å². The number of hydrogen-bond donors (Lipinski definition) is 0. The average Bonchev–Trinajstić information content (AvgIpc) is 3.74. The number of halogens is 6. The van der Waals surface area contributed by atoms with Crippen LogP contribution in [0.2, 0.25) is 0 Å². The van der Waals surface area contributed by atoms with Gasteiger partial charge in [0.05, 0.1) is 33.2 Å². The molecule has 0 aliphatic carbocycles. The Balaban J connectivity index is 1.33. The van der Waals surface area contributed by atoms with Crippen molar-refractivity contribution >= 4 is 43.6 Å². The molecule has 9 heteroatoms. The lowest BCUT2D eigenvalue weighted by Gasteiger charge is -2.18.